The van der Waals surface area contributed by atoms with Crippen LogP contribution in [0.2, 0.25) is 0 Å². The minimum Gasteiger partial charge on any atom is -0.383 e. The summed E-state index contributed by atoms with van der Waals surface area (Å²) in [4.78, 5) is 15.1. The lowest BCUT2D eigenvalue weighted by Gasteiger charge is -2.35. The lowest BCUT2D eigenvalue weighted by Crippen LogP contribution is -2.51. The molecule has 5 unspecified atom stereocenters. The van der Waals surface area contributed by atoms with Gasteiger partial charge in [0, 0.05) is 31.5 Å². The van der Waals surface area contributed by atoms with Crippen molar-refractivity contribution in [3.8, 4) is 0 Å². The number of carbonyl (C=O) groups excluding carboxylic acids is 1. The van der Waals surface area contributed by atoms with Crippen molar-refractivity contribution in [3.05, 3.63) is 0 Å². The van der Waals surface area contributed by atoms with Gasteiger partial charge in [-0.15, -0.1) is 0 Å². The van der Waals surface area contributed by atoms with Crippen molar-refractivity contribution < 1.29 is 9.53 Å². The molecule has 1 aliphatic heterocycles. The van der Waals surface area contributed by atoms with Crippen LogP contribution in [0.25, 0.3) is 0 Å². The van der Waals surface area contributed by atoms with Gasteiger partial charge in [-0.05, 0) is 43.3 Å². The number of ether oxygens (including phenoxy) is 1. The Morgan fingerprint density at radius 3 is 2.75 bits per heavy atom. The van der Waals surface area contributed by atoms with Crippen molar-refractivity contribution in [1.29, 1.82) is 0 Å². The predicted molar refractivity (Wildman–Crippen MR) is 81.6 cm³/mol. The highest BCUT2D eigenvalue weighted by molar-refractivity contribution is 7.99. The van der Waals surface area contributed by atoms with Crippen molar-refractivity contribution in [3.63, 3.8) is 0 Å². The van der Waals surface area contributed by atoms with E-state index in [1.165, 1.54) is 25.0 Å². The minimum atomic E-state index is 0.0798. The number of hydrogen-bond donors (Lipinski definition) is 1. The van der Waals surface area contributed by atoms with E-state index in [1.807, 2.05) is 11.8 Å². The first-order valence-electron chi connectivity index (χ1n) is 7.85. The molecule has 0 radical (unpaired) electrons. The molecule has 1 heterocycles. The van der Waals surface area contributed by atoms with Crippen molar-refractivity contribution in [1.82, 2.24) is 4.90 Å². The quantitative estimate of drug-likeness (QED) is 0.832. The molecule has 2 bridgehead atoms. The number of methoxy groups -OCH3 is 1. The molecule has 3 rings (SSSR count). The van der Waals surface area contributed by atoms with Gasteiger partial charge in [0.15, 0.2) is 0 Å². The monoisotopic (exact) mass is 298 g/mol. The van der Waals surface area contributed by atoms with Crippen LogP contribution in [0.5, 0.6) is 0 Å². The second-order valence-corrected chi connectivity index (χ2v) is 7.63. The van der Waals surface area contributed by atoms with E-state index in [4.69, 9.17) is 10.5 Å². The fraction of sp³-hybridized carbons (Fsp3) is 0.933. The number of amides is 1. The van der Waals surface area contributed by atoms with Crippen LogP contribution in [-0.2, 0) is 9.53 Å². The molecule has 4 nitrogen and oxygen atoms in total. The van der Waals surface area contributed by atoms with Crippen LogP contribution in [0.15, 0.2) is 0 Å². The summed E-state index contributed by atoms with van der Waals surface area (Å²) < 4.78 is 5.20. The van der Waals surface area contributed by atoms with Gasteiger partial charge in [0.05, 0.1) is 12.5 Å². The molecule has 5 atom stereocenters. The fourth-order valence-corrected chi connectivity index (χ4v) is 5.55. The maximum Gasteiger partial charge on any atom is 0.227 e. The molecule has 0 aromatic rings. The molecular formula is C15H26N2O2S. The number of thioether (sulfide) groups is 1. The fourth-order valence-electron chi connectivity index (χ4n) is 4.32. The van der Waals surface area contributed by atoms with Crippen molar-refractivity contribution in [2.45, 2.75) is 37.8 Å². The van der Waals surface area contributed by atoms with Crippen molar-refractivity contribution in [2.24, 2.45) is 23.5 Å². The van der Waals surface area contributed by atoms with Crippen LogP contribution in [0.3, 0.4) is 0 Å². The standard InChI is InChI=1S/C15H26N2O2S/c1-19-6-5-17(12-4-7-20-9-12)15(18)13-10-2-3-11(8-10)14(13)16/h10-14H,2-9,16H2,1H3. The van der Waals surface area contributed by atoms with Gasteiger partial charge in [-0.3, -0.25) is 4.79 Å². The zero-order valence-corrected chi connectivity index (χ0v) is 13.1. The lowest BCUT2D eigenvalue weighted by molar-refractivity contribution is -0.140. The number of rotatable bonds is 5. The lowest BCUT2D eigenvalue weighted by atomic mass is 9.83. The van der Waals surface area contributed by atoms with E-state index in [-0.39, 0.29) is 12.0 Å². The molecule has 0 aromatic carbocycles. The van der Waals surface area contributed by atoms with Gasteiger partial charge in [0.1, 0.15) is 0 Å². The summed E-state index contributed by atoms with van der Waals surface area (Å²) in [6, 6.07) is 0.495. The molecule has 114 valence electrons. The molecule has 1 saturated heterocycles. The van der Waals surface area contributed by atoms with Gasteiger partial charge in [-0.1, -0.05) is 0 Å². The summed E-state index contributed by atoms with van der Waals surface area (Å²) in [6.07, 6.45) is 4.73. The van der Waals surface area contributed by atoms with Crippen LogP contribution < -0.4 is 5.73 Å². The predicted octanol–water partition coefficient (Wildman–Crippen LogP) is 1.34. The van der Waals surface area contributed by atoms with Gasteiger partial charge < -0.3 is 15.4 Å². The van der Waals surface area contributed by atoms with Crippen LogP contribution in [0, 0.1) is 17.8 Å². The Bertz CT molecular complexity index is 358. The maximum atomic E-state index is 13.0. The molecule has 2 aliphatic carbocycles. The summed E-state index contributed by atoms with van der Waals surface area (Å²) in [5.41, 5.74) is 6.35. The highest BCUT2D eigenvalue weighted by Gasteiger charge is 2.50. The summed E-state index contributed by atoms with van der Waals surface area (Å²) >= 11 is 1.95. The summed E-state index contributed by atoms with van der Waals surface area (Å²) in [7, 11) is 1.70. The third kappa shape index (κ3) is 2.60. The van der Waals surface area contributed by atoms with Crippen LogP contribution in [0.1, 0.15) is 25.7 Å². The first kappa shape index (κ1) is 14.7. The molecule has 2 N–H and O–H groups in total. The maximum absolute atomic E-state index is 13.0. The van der Waals surface area contributed by atoms with E-state index in [9.17, 15) is 4.79 Å². The molecule has 3 aliphatic rings. The van der Waals surface area contributed by atoms with Gasteiger partial charge in [-0.2, -0.15) is 11.8 Å². The number of fused-ring (bicyclic) bond motifs is 2. The van der Waals surface area contributed by atoms with Gasteiger partial charge in [0.2, 0.25) is 5.91 Å². The summed E-state index contributed by atoms with van der Waals surface area (Å²) in [5, 5.41) is 0. The third-order valence-corrected chi connectivity index (χ3v) is 6.58. The Kier molecular flexibility index (Phi) is 4.58. The van der Waals surface area contributed by atoms with Crippen LogP contribution >= 0.6 is 11.8 Å². The first-order chi connectivity index (χ1) is 9.72. The van der Waals surface area contributed by atoms with Gasteiger partial charge in [-0.25, -0.2) is 0 Å². The van der Waals surface area contributed by atoms with Crippen LogP contribution in [-0.4, -0.2) is 54.7 Å². The second kappa shape index (κ2) is 6.24. The molecule has 20 heavy (non-hydrogen) atoms. The number of nitrogens with zero attached hydrogens (tertiary/aromatic N) is 1. The average molecular weight is 298 g/mol. The van der Waals surface area contributed by atoms with Gasteiger partial charge >= 0.3 is 0 Å². The Morgan fingerprint density at radius 2 is 2.15 bits per heavy atom. The third-order valence-electron chi connectivity index (χ3n) is 5.43. The highest BCUT2D eigenvalue weighted by Crippen LogP contribution is 2.48. The zero-order valence-electron chi connectivity index (χ0n) is 12.3. The van der Waals surface area contributed by atoms with Crippen LogP contribution in [0.4, 0.5) is 0 Å². The smallest absolute Gasteiger partial charge is 0.227 e. The normalized spacial score (nSPS) is 39.4. The van der Waals surface area contributed by atoms with E-state index in [2.05, 4.69) is 4.90 Å². The number of nitrogens with two attached hydrogens (primary N) is 1. The zero-order chi connectivity index (χ0) is 14.1. The average Bonchev–Trinajstić information content (AvgIpc) is 3.15. The summed E-state index contributed by atoms with van der Waals surface area (Å²) in [6.45, 7) is 1.35. The van der Waals surface area contributed by atoms with Crippen molar-refractivity contribution in [2.75, 3.05) is 31.8 Å². The number of hydrogen-bond acceptors (Lipinski definition) is 4. The van der Waals surface area contributed by atoms with E-state index in [1.54, 1.807) is 7.11 Å². The Balaban J connectivity index is 1.71. The Morgan fingerprint density at radius 1 is 1.35 bits per heavy atom. The Hall–Kier alpha value is -0.260. The summed E-state index contributed by atoms with van der Waals surface area (Å²) in [5.74, 6) is 3.78. The first-order valence-corrected chi connectivity index (χ1v) is 9.00. The largest absolute Gasteiger partial charge is 0.383 e. The molecule has 5 heteroatoms. The van der Waals surface area contributed by atoms with E-state index in [0.29, 0.717) is 30.4 Å². The topological polar surface area (TPSA) is 55.6 Å². The minimum absolute atomic E-state index is 0.0798. The molecule has 1 amide bonds. The van der Waals surface area contributed by atoms with E-state index in [0.717, 1.165) is 18.7 Å². The van der Waals surface area contributed by atoms with E-state index >= 15 is 0 Å². The van der Waals surface area contributed by atoms with Gasteiger partial charge in [0.25, 0.3) is 0 Å². The SMILES string of the molecule is COCCN(C(=O)C1C2CCC(C2)C1N)C1CCSC1. The highest BCUT2D eigenvalue weighted by atomic mass is 32.2. The Labute approximate surface area is 125 Å². The second-order valence-electron chi connectivity index (χ2n) is 6.48. The number of carbonyl (C=O) groups is 1. The molecule has 2 saturated carbocycles. The molecular weight excluding hydrogens is 272 g/mol. The van der Waals surface area contributed by atoms with E-state index < -0.39 is 0 Å². The molecule has 3 fully saturated rings. The molecule has 0 aromatic heterocycles. The van der Waals surface area contributed by atoms with Crippen molar-refractivity contribution >= 4 is 17.7 Å². The molecule has 0 spiro atoms.